The van der Waals surface area contributed by atoms with E-state index in [-0.39, 0.29) is 11.9 Å². The van der Waals surface area contributed by atoms with E-state index in [2.05, 4.69) is 17.2 Å². The van der Waals surface area contributed by atoms with Crippen molar-refractivity contribution in [3.63, 3.8) is 0 Å². The first-order valence-corrected chi connectivity index (χ1v) is 6.17. The summed E-state index contributed by atoms with van der Waals surface area (Å²) in [5.41, 5.74) is 0. The van der Waals surface area contributed by atoms with Crippen LogP contribution in [0.4, 0.5) is 0 Å². The molecule has 1 heterocycles. The topological polar surface area (TPSA) is 44.7 Å². The van der Waals surface area contributed by atoms with Crippen molar-refractivity contribution in [2.75, 3.05) is 19.8 Å². The van der Waals surface area contributed by atoms with Crippen LogP contribution in [0.2, 0.25) is 0 Å². The molecule has 1 amide bonds. The second kappa shape index (κ2) is 5.39. The number of hydrogen-bond donors (Lipinski definition) is 1. The molecule has 1 N–H and O–H groups in total. The van der Waals surface area contributed by atoms with Gasteiger partial charge in [-0.25, -0.2) is 0 Å². The van der Waals surface area contributed by atoms with Crippen molar-refractivity contribution in [1.29, 1.82) is 0 Å². The third-order valence-corrected chi connectivity index (χ3v) is 3.20. The van der Waals surface area contributed by atoms with E-state index in [1.54, 1.807) is 30.8 Å². The molecule has 1 rings (SSSR count). The summed E-state index contributed by atoms with van der Waals surface area (Å²) in [6.45, 7) is 3.96. The van der Waals surface area contributed by atoms with Crippen molar-refractivity contribution in [1.82, 2.24) is 10.2 Å². The minimum atomic E-state index is -0.198. The van der Waals surface area contributed by atoms with Crippen molar-refractivity contribution >= 4 is 22.8 Å². The summed E-state index contributed by atoms with van der Waals surface area (Å²) in [4.78, 5) is 17.7. The molecule has 0 aromatic rings. The molecular weight excluding hydrogens is 210 g/mol. The highest BCUT2D eigenvalue weighted by Crippen LogP contribution is 2.16. The van der Waals surface area contributed by atoms with Gasteiger partial charge in [-0.1, -0.05) is 11.8 Å². The van der Waals surface area contributed by atoms with Crippen molar-refractivity contribution in [2.24, 2.45) is 4.99 Å². The van der Waals surface area contributed by atoms with Crippen LogP contribution in [-0.2, 0) is 4.79 Å². The lowest BCUT2D eigenvalue weighted by molar-refractivity contribution is -0.130. The van der Waals surface area contributed by atoms with Gasteiger partial charge in [-0.3, -0.25) is 9.79 Å². The van der Waals surface area contributed by atoms with E-state index in [9.17, 15) is 4.79 Å². The first-order chi connectivity index (χ1) is 7.00. The molecule has 2 unspecified atom stereocenters. The lowest BCUT2D eigenvalue weighted by Gasteiger charge is -2.22. The number of rotatable bonds is 2. The molecule has 15 heavy (non-hydrogen) atoms. The van der Waals surface area contributed by atoms with E-state index in [1.165, 1.54) is 0 Å². The van der Waals surface area contributed by atoms with Gasteiger partial charge in [0.1, 0.15) is 6.04 Å². The summed E-state index contributed by atoms with van der Waals surface area (Å²) in [6, 6.07) is 0.173. The van der Waals surface area contributed by atoms with Gasteiger partial charge in [-0.05, 0) is 20.3 Å². The number of likely N-dealkylation sites (N-methyl/N-ethyl adjacent to an activating group) is 1. The van der Waals surface area contributed by atoms with E-state index in [0.717, 1.165) is 17.3 Å². The van der Waals surface area contributed by atoms with E-state index in [1.807, 2.05) is 6.92 Å². The summed E-state index contributed by atoms with van der Waals surface area (Å²) < 4.78 is 0. The first kappa shape index (κ1) is 12.4. The van der Waals surface area contributed by atoms with Crippen LogP contribution in [0.3, 0.4) is 0 Å². The molecule has 0 bridgehead atoms. The number of aliphatic imine (C=N–C) groups is 1. The summed E-state index contributed by atoms with van der Waals surface area (Å²) in [5.74, 6) is 1.16. The predicted molar refractivity (Wildman–Crippen MR) is 65.3 cm³/mol. The van der Waals surface area contributed by atoms with Crippen LogP contribution < -0.4 is 5.32 Å². The lowest BCUT2D eigenvalue weighted by atomic mass is 10.3. The fourth-order valence-electron chi connectivity index (χ4n) is 1.34. The zero-order chi connectivity index (χ0) is 11.4. The van der Waals surface area contributed by atoms with Gasteiger partial charge < -0.3 is 10.2 Å². The first-order valence-electron chi connectivity index (χ1n) is 5.19. The summed E-state index contributed by atoms with van der Waals surface area (Å²) in [6.07, 6.45) is 1.12. The molecule has 0 saturated heterocycles. The number of carbonyl (C=O) groups excluding carboxylic acids is 1. The zero-order valence-electron chi connectivity index (χ0n) is 9.78. The summed E-state index contributed by atoms with van der Waals surface area (Å²) in [5, 5.41) is 4.05. The third kappa shape index (κ3) is 3.74. The molecule has 0 saturated carbocycles. The Morgan fingerprint density at radius 3 is 2.87 bits per heavy atom. The van der Waals surface area contributed by atoms with Crippen LogP contribution >= 0.6 is 11.8 Å². The van der Waals surface area contributed by atoms with E-state index < -0.39 is 0 Å². The minimum absolute atomic E-state index is 0.0801. The molecule has 5 heteroatoms. The Bertz CT molecular complexity index is 265. The molecule has 0 spiro atoms. The van der Waals surface area contributed by atoms with Crippen molar-refractivity contribution in [3.05, 3.63) is 0 Å². The molecule has 0 aromatic heterocycles. The smallest absolute Gasteiger partial charge is 0.244 e. The van der Waals surface area contributed by atoms with Crippen LogP contribution in [0.25, 0.3) is 0 Å². The van der Waals surface area contributed by atoms with Gasteiger partial charge in [0.15, 0.2) is 5.17 Å². The molecule has 0 radical (unpaired) electrons. The van der Waals surface area contributed by atoms with Crippen molar-refractivity contribution < 1.29 is 4.79 Å². The summed E-state index contributed by atoms with van der Waals surface area (Å²) in [7, 11) is 3.53. The zero-order valence-corrected chi connectivity index (χ0v) is 10.6. The number of hydrogen-bond acceptors (Lipinski definition) is 4. The largest absolute Gasteiger partial charge is 0.353 e. The van der Waals surface area contributed by atoms with Crippen LogP contribution in [0.5, 0.6) is 0 Å². The molecule has 0 aromatic carbocycles. The maximum absolute atomic E-state index is 11.6. The van der Waals surface area contributed by atoms with Gasteiger partial charge in [-0.2, -0.15) is 0 Å². The Kier molecular flexibility index (Phi) is 4.45. The molecule has 2 atom stereocenters. The Hall–Kier alpha value is -0.710. The van der Waals surface area contributed by atoms with Gasteiger partial charge in [-0.15, -0.1) is 0 Å². The Morgan fingerprint density at radius 2 is 2.33 bits per heavy atom. The maximum atomic E-state index is 11.6. The second-order valence-electron chi connectivity index (χ2n) is 4.02. The molecular formula is C10H19N3OS. The highest BCUT2D eigenvalue weighted by atomic mass is 32.2. The summed E-state index contributed by atoms with van der Waals surface area (Å²) >= 11 is 1.69. The number of carbonyl (C=O) groups is 1. The maximum Gasteiger partial charge on any atom is 0.244 e. The van der Waals surface area contributed by atoms with Gasteiger partial charge >= 0.3 is 0 Å². The average molecular weight is 229 g/mol. The third-order valence-electron chi connectivity index (χ3n) is 2.26. The van der Waals surface area contributed by atoms with Gasteiger partial charge in [0.05, 0.1) is 6.04 Å². The van der Waals surface area contributed by atoms with E-state index in [4.69, 9.17) is 0 Å². The Balaban J connectivity index is 2.50. The standard InChI is InChI=1S/C10H19N3OS/c1-7-5-6-15-10(11-7)12-8(2)9(14)13(3)4/h7-8H,5-6H2,1-4H3,(H,11,12). The fourth-order valence-corrected chi connectivity index (χ4v) is 2.51. The van der Waals surface area contributed by atoms with Crippen LogP contribution in [0.15, 0.2) is 4.99 Å². The normalized spacial score (nSPS) is 22.9. The number of amides is 1. The lowest BCUT2D eigenvalue weighted by Crippen LogP contribution is -2.44. The molecule has 86 valence electrons. The average Bonchev–Trinajstić information content (AvgIpc) is 2.16. The van der Waals surface area contributed by atoms with Crippen LogP contribution in [0, 0.1) is 0 Å². The quantitative estimate of drug-likeness (QED) is 0.766. The monoisotopic (exact) mass is 229 g/mol. The fraction of sp³-hybridized carbons (Fsp3) is 0.800. The van der Waals surface area contributed by atoms with Gasteiger partial charge in [0.2, 0.25) is 5.91 Å². The molecule has 1 aliphatic rings. The highest BCUT2D eigenvalue weighted by Gasteiger charge is 2.18. The number of thioether (sulfide) groups is 1. The second-order valence-corrected chi connectivity index (χ2v) is 5.10. The number of nitrogens with zero attached hydrogens (tertiary/aromatic N) is 2. The molecule has 1 aliphatic heterocycles. The van der Waals surface area contributed by atoms with Gasteiger partial charge in [0, 0.05) is 19.8 Å². The van der Waals surface area contributed by atoms with E-state index >= 15 is 0 Å². The van der Waals surface area contributed by atoms with Crippen molar-refractivity contribution in [3.8, 4) is 0 Å². The Morgan fingerprint density at radius 1 is 1.67 bits per heavy atom. The molecule has 4 nitrogen and oxygen atoms in total. The number of amidine groups is 1. The van der Waals surface area contributed by atoms with Crippen LogP contribution in [0.1, 0.15) is 20.3 Å². The van der Waals surface area contributed by atoms with Crippen LogP contribution in [-0.4, -0.2) is 47.9 Å². The van der Waals surface area contributed by atoms with Crippen molar-refractivity contribution in [2.45, 2.75) is 32.4 Å². The minimum Gasteiger partial charge on any atom is -0.353 e. The molecule has 0 aliphatic carbocycles. The predicted octanol–water partition coefficient (Wildman–Crippen LogP) is 0.934. The molecule has 0 fully saturated rings. The Labute approximate surface area is 95.5 Å². The van der Waals surface area contributed by atoms with Gasteiger partial charge in [0.25, 0.3) is 0 Å². The number of nitrogens with one attached hydrogen (secondary N) is 1. The van der Waals surface area contributed by atoms with E-state index in [0.29, 0.717) is 6.04 Å². The SMILES string of the molecule is CC1CCSC(NC(C)C(=O)N(C)C)=N1. The highest BCUT2D eigenvalue weighted by molar-refractivity contribution is 8.13.